The Kier molecular flexibility index (Phi) is 5.64. The number of H-pyrrole nitrogens is 1. The van der Waals surface area contributed by atoms with E-state index in [0.717, 1.165) is 6.34 Å². The molecule has 0 amide bonds. The van der Waals surface area contributed by atoms with Crippen LogP contribution >= 0.6 is 11.6 Å². The van der Waals surface area contributed by atoms with Crippen LogP contribution in [0.1, 0.15) is 24.5 Å². The van der Waals surface area contributed by atoms with Crippen LogP contribution in [-0.4, -0.2) is 26.7 Å². The highest BCUT2D eigenvalue weighted by molar-refractivity contribution is 6.35. The number of halogens is 2. The standard InChI is InChI=1S/C22H18ClFN6O/c1-13(29-21(28-12-25)20-26-8-9-27-20)18-10-14-4-2-7-17(23)19(14)22(31)30(18)16-6-3-5-15(24)11-16/h2-13H,1H3,(H,26,27)(H2,25,28,29)/t13-/m0/s1. The van der Waals surface area contributed by atoms with Crippen LogP contribution < -0.4 is 11.3 Å². The molecule has 0 radical (unpaired) electrons. The van der Waals surface area contributed by atoms with Crippen LogP contribution in [0.5, 0.6) is 0 Å². The monoisotopic (exact) mass is 436 g/mol. The fourth-order valence-corrected chi connectivity index (χ4v) is 3.65. The molecule has 31 heavy (non-hydrogen) atoms. The van der Waals surface area contributed by atoms with Crippen molar-refractivity contribution in [2.24, 2.45) is 15.7 Å². The molecule has 1 atom stereocenters. The Morgan fingerprint density at radius 2 is 2.10 bits per heavy atom. The number of fused-ring (bicyclic) bond motifs is 1. The van der Waals surface area contributed by atoms with Crippen molar-refractivity contribution in [2.45, 2.75) is 13.0 Å². The number of hydrogen-bond donors (Lipinski definition) is 2. The average Bonchev–Trinajstić information content (AvgIpc) is 3.28. The number of nitrogens with two attached hydrogens (primary N) is 1. The number of aliphatic imine (C=N–C) groups is 2. The number of aromatic amines is 1. The maximum atomic E-state index is 14.0. The molecular formula is C22H18ClFN6O. The van der Waals surface area contributed by atoms with E-state index in [1.54, 1.807) is 49.6 Å². The normalized spacial score (nSPS) is 13.2. The first-order chi connectivity index (χ1) is 15.0. The van der Waals surface area contributed by atoms with Gasteiger partial charge in [0.1, 0.15) is 5.82 Å². The molecule has 0 aliphatic carbocycles. The van der Waals surface area contributed by atoms with Crippen molar-refractivity contribution in [1.29, 1.82) is 0 Å². The van der Waals surface area contributed by atoms with Crippen molar-refractivity contribution >= 4 is 34.5 Å². The fourth-order valence-electron chi connectivity index (χ4n) is 3.39. The van der Waals surface area contributed by atoms with Gasteiger partial charge in [-0.05, 0) is 42.6 Å². The minimum Gasteiger partial charge on any atom is -0.390 e. The minimum absolute atomic E-state index is 0.268. The van der Waals surface area contributed by atoms with E-state index in [4.69, 9.17) is 17.3 Å². The number of amidine groups is 1. The molecule has 4 rings (SSSR count). The Balaban J connectivity index is 1.99. The van der Waals surface area contributed by atoms with E-state index in [0.29, 0.717) is 33.0 Å². The first kappa shape index (κ1) is 20.5. The predicted molar refractivity (Wildman–Crippen MR) is 121 cm³/mol. The summed E-state index contributed by atoms with van der Waals surface area (Å²) in [5.41, 5.74) is 6.00. The lowest BCUT2D eigenvalue weighted by Gasteiger charge is -2.18. The van der Waals surface area contributed by atoms with Gasteiger partial charge < -0.3 is 10.7 Å². The molecule has 0 aliphatic rings. The van der Waals surface area contributed by atoms with E-state index >= 15 is 0 Å². The van der Waals surface area contributed by atoms with E-state index in [1.165, 1.54) is 16.7 Å². The smallest absolute Gasteiger partial charge is 0.264 e. The van der Waals surface area contributed by atoms with Crippen molar-refractivity contribution in [3.8, 4) is 5.69 Å². The summed E-state index contributed by atoms with van der Waals surface area (Å²) < 4.78 is 15.4. The van der Waals surface area contributed by atoms with E-state index in [2.05, 4.69) is 20.0 Å². The lowest BCUT2D eigenvalue weighted by molar-refractivity contribution is 0.625. The third-order valence-electron chi connectivity index (χ3n) is 4.74. The molecule has 2 aromatic heterocycles. The largest absolute Gasteiger partial charge is 0.390 e. The van der Waals surface area contributed by atoms with Gasteiger partial charge in [0.05, 0.1) is 34.2 Å². The molecular weight excluding hydrogens is 419 g/mol. The molecule has 2 aromatic carbocycles. The Labute approximate surface area is 181 Å². The number of pyridine rings is 1. The number of nitrogens with zero attached hydrogens (tertiary/aromatic N) is 4. The van der Waals surface area contributed by atoms with Crippen LogP contribution in [0.3, 0.4) is 0 Å². The van der Waals surface area contributed by atoms with Crippen molar-refractivity contribution < 1.29 is 4.39 Å². The van der Waals surface area contributed by atoms with E-state index < -0.39 is 11.9 Å². The van der Waals surface area contributed by atoms with Gasteiger partial charge in [-0.15, -0.1) is 0 Å². The summed E-state index contributed by atoms with van der Waals surface area (Å²) in [5, 5.41) is 1.32. The van der Waals surface area contributed by atoms with Gasteiger partial charge in [0.15, 0.2) is 11.7 Å². The maximum Gasteiger partial charge on any atom is 0.264 e. The minimum atomic E-state index is -0.553. The number of benzene rings is 2. The van der Waals surface area contributed by atoms with Crippen molar-refractivity contribution in [3.05, 3.63) is 93.6 Å². The van der Waals surface area contributed by atoms with Gasteiger partial charge in [-0.1, -0.05) is 29.8 Å². The molecule has 0 bridgehead atoms. The fraction of sp³-hybridized carbons (Fsp3) is 0.0909. The van der Waals surface area contributed by atoms with Crippen molar-refractivity contribution in [2.75, 3.05) is 0 Å². The molecule has 0 aliphatic heterocycles. The van der Waals surface area contributed by atoms with E-state index in [1.807, 2.05) is 6.07 Å². The van der Waals surface area contributed by atoms with Gasteiger partial charge in [-0.3, -0.25) is 14.4 Å². The highest BCUT2D eigenvalue weighted by atomic mass is 35.5. The highest BCUT2D eigenvalue weighted by Gasteiger charge is 2.19. The molecule has 0 spiro atoms. The number of nitrogens with one attached hydrogen (secondary N) is 1. The quantitative estimate of drug-likeness (QED) is 0.373. The molecule has 7 nitrogen and oxygen atoms in total. The molecule has 9 heteroatoms. The molecule has 156 valence electrons. The number of aromatic nitrogens is 3. The van der Waals surface area contributed by atoms with Gasteiger partial charge in [0, 0.05) is 12.4 Å². The number of hydrogen-bond acceptors (Lipinski definition) is 3. The number of imidazole rings is 1. The molecule has 2 heterocycles. The summed E-state index contributed by atoms with van der Waals surface area (Å²) in [7, 11) is 0. The lowest BCUT2D eigenvalue weighted by atomic mass is 10.1. The number of rotatable bonds is 4. The van der Waals surface area contributed by atoms with Crippen molar-refractivity contribution in [1.82, 2.24) is 14.5 Å². The second-order valence-electron chi connectivity index (χ2n) is 6.74. The molecule has 3 N–H and O–H groups in total. The highest BCUT2D eigenvalue weighted by Crippen LogP contribution is 2.27. The second-order valence-corrected chi connectivity index (χ2v) is 7.15. The van der Waals surface area contributed by atoms with Gasteiger partial charge in [0.25, 0.3) is 5.56 Å². The lowest BCUT2D eigenvalue weighted by Crippen LogP contribution is -2.23. The summed E-state index contributed by atoms with van der Waals surface area (Å²) in [5.74, 6) is 0.233. The maximum absolute atomic E-state index is 14.0. The van der Waals surface area contributed by atoms with E-state index in [-0.39, 0.29) is 11.4 Å². The first-order valence-electron chi connectivity index (χ1n) is 9.41. The Morgan fingerprint density at radius 3 is 2.81 bits per heavy atom. The summed E-state index contributed by atoms with van der Waals surface area (Å²) in [6.07, 6.45) is 4.33. The van der Waals surface area contributed by atoms with Crippen LogP contribution in [0.4, 0.5) is 4.39 Å². The van der Waals surface area contributed by atoms with Gasteiger partial charge in [-0.25, -0.2) is 14.4 Å². The summed E-state index contributed by atoms with van der Waals surface area (Å²) in [6.45, 7) is 1.80. The summed E-state index contributed by atoms with van der Waals surface area (Å²) in [4.78, 5) is 29.3. The Bertz CT molecular complexity index is 1360. The topological polar surface area (TPSA) is 101 Å². The molecule has 0 saturated heterocycles. The zero-order valence-electron chi connectivity index (χ0n) is 16.5. The molecule has 0 unspecified atom stereocenters. The third-order valence-corrected chi connectivity index (χ3v) is 5.06. The molecule has 4 aromatic rings. The van der Waals surface area contributed by atoms with Gasteiger partial charge in [0.2, 0.25) is 0 Å². The first-order valence-corrected chi connectivity index (χ1v) is 9.79. The van der Waals surface area contributed by atoms with Gasteiger partial charge in [-0.2, -0.15) is 0 Å². The van der Waals surface area contributed by atoms with Crippen LogP contribution in [0.2, 0.25) is 5.02 Å². The Hall–Kier alpha value is -3.78. The van der Waals surface area contributed by atoms with Crippen LogP contribution in [0.15, 0.2) is 75.7 Å². The molecule has 0 fully saturated rings. The summed E-state index contributed by atoms with van der Waals surface area (Å²) >= 11 is 6.32. The van der Waals surface area contributed by atoms with E-state index in [9.17, 15) is 9.18 Å². The SMILES string of the molecule is C[C@H](N=C(N=CN)c1ncc[nH]1)c1cc2cccc(Cl)c2c(=O)n1-c1cccc(F)c1. The Morgan fingerprint density at radius 1 is 1.29 bits per heavy atom. The predicted octanol–water partition coefficient (Wildman–Crippen LogP) is 4.00. The average molecular weight is 437 g/mol. The van der Waals surface area contributed by atoms with Crippen LogP contribution in [-0.2, 0) is 0 Å². The zero-order valence-corrected chi connectivity index (χ0v) is 17.2. The summed E-state index contributed by atoms with van der Waals surface area (Å²) in [6, 6.07) is 12.3. The van der Waals surface area contributed by atoms with Gasteiger partial charge >= 0.3 is 0 Å². The van der Waals surface area contributed by atoms with Crippen LogP contribution in [0, 0.1) is 5.82 Å². The van der Waals surface area contributed by atoms with Crippen LogP contribution in [0.25, 0.3) is 16.5 Å². The molecule has 0 saturated carbocycles. The second kappa shape index (κ2) is 8.53. The zero-order chi connectivity index (χ0) is 22.0. The van der Waals surface area contributed by atoms with Crippen molar-refractivity contribution in [3.63, 3.8) is 0 Å². The third kappa shape index (κ3) is 3.97.